The average molecular weight is 391 g/mol. The van der Waals surface area contributed by atoms with E-state index in [1.54, 1.807) is 19.1 Å². The molecule has 1 amide bonds. The van der Waals surface area contributed by atoms with Gasteiger partial charge in [-0.1, -0.05) is 29.8 Å². The molecule has 5 heteroatoms. The first-order valence-electron chi connectivity index (χ1n) is 9.92. The molecule has 2 aromatic carbocycles. The third kappa shape index (κ3) is 3.31. The van der Waals surface area contributed by atoms with Gasteiger partial charge in [0.1, 0.15) is 0 Å². The first kappa shape index (κ1) is 19.2. The fourth-order valence-corrected chi connectivity index (χ4v) is 4.44. The molecule has 0 aromatic heterocycles. The second-order valence-corrected chi connectivity index (χ2v) is 7.54. The molecule has 0 saturated carbocycles. The molecule has 0 fully saturated rings. The minimum absolute atomic E-state index is 0.00261. The molecule has 0 spiro atoms. The Bertz CT molecular complexity index is 990. The maximum absolute atomic E-state index is 13.3. The molecule has 5 nitrogen and oxygen atoms in total. The third-order valence-corrected chi connectivity index (χ3v) is 5.78. The van der Waals surface area contributed by atoms with Crippen molar-refractivity contribution in [1.82, 2.24) is 0 Å². The number of aryl methyl sites for hydroxylation is 1. The lowest BCUT2D eigenvalue weighted by Crippen LogP contribution is -2.40. The minimum atomic E-state index is -0.322. The Morgan fingerprint density at radius 2 is 1.72 bits per heavy atom. The number of hydrogen-bond acceptors (Lipinski definition) is 4. The highest BCUT2D eigenvalue weighted by atomic mass is 16.5. The third-order valence-electron chi connectivity index (χ3n) is 5.78. The number of benzene rings is 2. The van der Waals surface area contributed by atoms with E-state index in [9.17, 15) is 9.59 Å². The Morgan fingerprint density at radius 1 is 0.966 bits per heavy atom. The molecule has 0 radical (unpaired) electrons. The van der Waals surface area contributed by atoms with Crippen molar-refractivity contribution in [1.29, 1.82) is 0 Å². The van der Waals surface area contributed by atoms with Gasteiger partial charge in [-0.05, 0) is 38.0 Å². The first-order valence-corrected chi connectivity index (χ1v) is 9.92. The summed E-state index contributed by atoms with van der Waals surface area (Å²) in [4.78, 5) is 28.1. The van der Waals surface area contributed by atoms with Crippen LogP contribution in [0.1, 0.15) is 42.7 Å². The zero-order valence-electron chi connectivity index (χ0n) is 17.0. The van der Waals surface area contributed by atoms with Gasteiger partial charge in [0.15, 0.2) is 17.3 Å². The van der Waals surface area contributed by atoms with Crippen LogP contribution in [0.2, 0.25) is 0 Å². The molecule has 150 valence electrons. The summed E-state index contributed by atoms with van der Waals surface area (Å²) in [6.45, 7) is 2.02. The zero-order chi connectivity index (χ0) is 20.5. The molecule has 0 saturated heterocycles. The number of ketones is 1. The Hall–Kier alpha value is -3.08. The topological polar surface area (TPSA) is 55.8 Å². The van der Waals surface area contributed by atoms with Crippen molar-refractivity contribution in [3.05, 3.63) is 64.9 Å². The molecule has 0 unspecified atom stereocenters. The highest BCUT2D eigenvalue weighted by Crippen LogP contribution is 2.47. The number of allylic oxidation sites excluding steroid dienone is 2. The number of amides is 1. The largest absolute Gasteiger partial charge is 0.493 e. The molecule has 1 heterocycles. The van der Waals surface area contributed by atoms with Gasteiger partial charge in [0.25, 0.3) is 0 Å². The average Bonchev–Trinajstić information content (AvgIpc) is 2.73. The van der Waals surface area contributed by atoms with Gasteiger partial charge in [0, 0.05) is 41.3 Å². The van der Waals surface area contributed by atoms with Crippen LogP contribution in [-0.2, 0) is 9.59 Å². The van der Waals surface area contributed by atoms with Crippen LogP contribution in [0, 0.1) is 6.92 Å². The number of rotatable bonds is 4. The summed E-state index contributed by atoms with van der Waals surface area (Å²) < 4.78 is 11.0. The van der Waals surface area contributed by atoms with Crippen molar-refractivity contribution in [3.63, 3.8) is 0 Å². The van der Waals surface area contributed by atoms with Crippen molar-refractivity contribution in [3.8, 4) is 11.5 Å². The Morgan fingerprint density at radius 3 is 2.41 bits per heavy atom. The van der Waals surface area contributed by atoms with Crippen molar-refractivity contribution in [2.24, 2.45) is 0 Å². The lowest BCUT2D eigenvalue weighted by molar-refractivity contribution is -0.119. The zero-order valence-corrected chi connectivity index (χ0v) is 17.0. The number of anilines is 1. The number of carbonyl (C=O) groups is 2. The van der Waals surface area contributed by atoms with E-state index in [4.69, 9.17) is 9.47 Å². The van der Waals surface area contributed by atoms with E-state index in [1.807, 2.05) is 49.4 Å². The molecule has 2 aromatic rings. The van der Waals surface area contributed by atoms with E-state index >= 15 is 0 Å². The van der Waals surface area contributed by atoms with Gasteiger partial charge < -0.3 is 9.47 Å². The van der Waals surface area contributed by atoms with Crippen LogP contribution in [0.5, 0.6) is 11.5 Å². The monoisotopic (exact) mass is 391 g/mol. The van der Waals surface area contributed by atoms with Gasteiger partial charge in [0.05, 0.1) is 14.2 Å². The lowest BCUT2D eigenvalue weighted by atomic mass is 9.76. The van der Waals surface area contributed by atoms with Crippen molar-refractivity contribution in [2.75, 3.05) is 19.1 Å². The van der Waals surface area contributed by atoms with Gasteiger partial charge in [-0.15, -0.1) is 0 Å². The maximum atomic E-state index is 13.3. The smallest absolute Gasteiger partial charge is 0.232 e. The number of para-hydroxylation sites is 1. The van der Waals surface area contributed by atoms with E-state index in [2.05, 4.69) is 0 Å². The molecule has 0 N–H and O–H groups in total. The second-order valence-electron chi connectivity index (χ2n) is 7.54. The van der Waals surface area contributed by atoms with Crippen molar-refractivity contribution in [2.45, 2.75) is 38.5 Å². The molecule has 2 aliphatic rings. The quantitative estimate of drug-likeness (QED) is 0.768. The second kappa shape index (κ2) is 7.74. The van der Waals surface area contributed by atoms with Crippen LogP contribution in [0.15, 0.2) is 53.7 Å². The predicted octanol–water partition coefficient (Wildman–Crippen LogP) is 4.54. The SMILES string of the molecule is COc1cccc([C@H]2CC(=O)N(c3ccc(C)cc3)C3=C2C(=O)CCC3)c1OC. The van der Waals surface area contributed by atoms with Crippen molar-refractivity contribution >= 4 is 17.4 Å². The van der Waals surface area contributed by atoms with Gasteiger partial charge in [-0.3, -0.25) is 14.5 Å². The Labute approximate surface area is 170 Å². The van der Waals surface area contributed by atoms with Gasteiger partial charge >= 0.3 is 0 Å². The number of hydrogen-bond donors (Lipinski definition) is 0. The number of methoxy groups -OCH3 is 2. The molecule has 4 rings (SSSR count). The van der Waals surface area contributed by atoms with E-state index in [-0.39, 0.29) is 24.0 Å². The van der Waals surface area contributed by atoms with Gasteiger partial charge in [-0.2, -0.15) is 0 Å². The summed E-state index contributed by atoms with van der Waals surface area (Å²) in [7, 11) is 3.17. The maximum Gasteiger partial charge on any atom is 0.232 e. The lowest BCUT2D eigenvalue weighted by Gasteiger charge is -2.38. The highest BCUT2D eigenvalue weighted by molar-refractivity contribution is 6.07. The molecule has 1 aliphatic carbocycles. The Balaban J connectivity index is 1.88. The summed E-state index contributed by atoms with van der Waals surface area (Å²) in [5.74, 6) is 0.977. The van der Waals surface area contributed by atoms with Gasteiger partial charge in [-0.25, -0.2) is 0 Å². The summed E-state index contributed by atoms with van der Waals surface area (Å²) in [5.41, 5.74) is 4.34. The summed E-state index contributed by atoms with van der Waals surface area (Å²) in [5, 5.41) is 0. The molecular formula is C24H25NO4. The highest BCUT2D eigenvalue weighted by Gasteiger charge is 2.41. The van der Waals surface area contributed by atoms with Crippen LogP contribution < -0.4 is 14.4 Å². The number of carbonyl (C=O) groups excluding carboxylic acids is 2. The van der Waals surface area contributed by atoms with Crippen LogP contribution in [0.4, 0.5) is 5.69 Å². The normalized spacial score (nSPS) is 19.3. The fraction of sp³-hybridized carbons (Fsp3) is 0.333. The molecule has 0 bridgehead atoms. The van der Waals surface area contributed by atoms with Crippen LogP contribution in [-0.4, -0.2) is 25.9 Å². The minimum Gasteiger partial charge on any atom is -0.493 e. The summed E-state index contributed by atoms with van der Waals surface area (Å²) in [6.07, 6.45) is 2.21. The van der Waals surface area contributed by atoms with Crippen LogP contribution >= 0.6 is 0 Å². The molecule has 29 heavy (non-hydrogen) atoms. The van der Waals surface area contributed by atoms with Crippen LogP contribution in [0.25, 0.3) is 0 Å². The molecule has 1 atom stereocenters. The van der Waals surface area contributed by atoms with E-state index in [0.29, 0.717) is 24.3 Å². The molecule has 1 aliphatic heterocycles. The van der Waals surface area contributed by atoms with E-state index in [1.165, 1.54) is 0 Å². The van der Waals surface area contributed by atoms with Crippen molar-refractivity contribution < 1.29 is 19.1 Å². The van der Waals surface area contributed by atoms with Gasteiger partial charge in [0.2, 0.25) is 5.91 Å². The summed E-state index contributed by atoms with van der Waals surface area (Å²) in [6, 6.07) is 13.5. The molecular weight excluding hydrogens is 366 g/mol. The number of ether oxygens (including phenoxy) is 2. The van der Waals surface area contributed by atoms with E-state index in [0.717, 1.165) is 34.5 Å². The predicted molar refractivity (Wildman–Crippen MR) is 111 cm³/mol. The fourth-order valence-electron chi connectivity index (χ4n) is 4.44. The standard InChI is InChI=1S/C24H25NO4/c1-15-10-12-16(13-11-15)25-19-7-5-8-20(26)23(19)18(14-22(25)27)17-6-4-9-21(28-2)24(17)29-3/h4,6,9-13,18H,5,7-8,14H2,1-3H3/t18-/m1/s1. The number of nitrogens with zero attached hydrogens (tertiary/aromatic N) is 1. The van der Waals surface area contributed by atoms with E-state index < -0.39 is 0 Å². The summed E-state index contributed by atoms with van der Waals surface area (Å²) >= 11 is 0. The number of Topliss-reactive ketones (excluding diaryl/α,β-unsaturated/α-hetero) is 1. The first-order chi connectivity index (χ1) is 14.0. The van der Waals surface area contributed by atoms with Crippen LogP contribution in [0.3, 0.4) is 0 Å². The Kier molecular flexibility index (Phi) is 5.14.